The first-order valence-electron chi connectivity index (χ1n) is 5.58. The summed E-state index contributed by atoms with van der Waals surface area (Å²) in [6, 6.07) is 12.7. The van der Waals surface area contributed by atoms with Crippen LogP contribution in [0.25, 0.3) is 0 Å². The maximum Gasteiger partial charge on any atom is 0.347 e. The van der Waals surface area contributed by atoms with Crippen LogP contribution in [0.2, 0.25) is 0 Å². The molecule has 0 unspecified atom stereocenters. The van der Waals surface area contributed by atoms with Crippen LogP contribution in [-0.4, -0.2) is 9.85 Å². The Bertz CT molecular complexity index is 730. The second kappa shape index (κ2) is 5.63. The summed E-state index contributed by atoms with van der Waals surface area (Å²) in [5.74, 6) is 5.58. The third-order valence-corrected chi connectivity index (χ3v) is 2.49. The molecule has 0 aliphatic rings. The van der Waals surface area contributed by atoms with Crippen molar-refractivity contribution in [2.45, 2.75) is 0 Å². The second-order valence-electron chi connectivity index (χ2n) is 3.83. The molecule has 0 bridgehead atoms. The Morgan fingerprint density at radius 1 is 0.750 bits per heavy atom. The van der Waals surface area contributed by atoms with Gasteiger partial charge in [-0.05, 0) is 18.2 Å². The fourth-order valence-electron chi connectivity index (χ4n) is 1.57. The first kappa shape index (κ1) is 13.2. The van der Waals surface area contributed by atoms with Gasteiger partial charge >= 0.3 is 11.4 Å². The van der Waals surface area contributed by atoms with Crippen molar-refractivity contribution in [3.63, 3.8) is 0 Å². The molecule has 0 aliphatic carbocycles. The monoisotopic (exact) mass is 268 g/mol. The summed E-state index contributed by atoms with van der Waals surface area (Å²) in [6.45, 7) is 0. The van der Waals surface area contributed by atoms with Crippen LogP contribution in [0.4, 0.5) is 11.4 Å². The smallest absolute Gasteiger partial charge is 0.258 e. The molecule has 0 aliphatic heterocycles. The summed E-state index contributed by atoms with van der Waals surface area (Å²) in [6.07, 6.45) is 0. The normalized spacial score (nSPS) is 9.40. The van der Waals surface area contributed by atoms with Crippen molar-refractivity contribution in [1.29, 1.82) is 0 Å². The van der Waals surface area contributed by atoms with Crippen molar-refractivity contribution in [2.24, 2.45) is 0 Å². The molecule has 98 valence electrons. The van der Waals surface area contributed by atoms with Crippen LogP contribution in [0.1, 0.15) is 11.1 Å². The number of nitro groups is 2. The van der Waals surface area contributed by atoms with E-state index in [4.69, 9.17) is 0 Å². The molecule has 2 aromatic carbocycles. The molecular formula is C14H8N2O4. The third kappa shape index (κ3) is 2.97. The lowest BCUT2D eigenvalue weighted by molar-refractivity contribution is -0.422. The van der Waals surface area contributed by atoms with Gasteiger partial charge in [-0.2, -0.15) is 0 Å². The lowest BCUT2D eigenvalue weighted by Crippen LogP contribution is -1.96. The van der Waals surface area contributed by atoms with Gasteiger partial charge < -0.3 is 0 Å². The van der Waals surface area contributed by atoms with Gasteiger partial charge in [0.05, 0.1) is 9.85 Å². The van der Waals surface area contributed by atoms with Crippen LogP contribution in [0, 0.1) is 32.1 Å². The zero-order chi connectivity index (χ0) is 14.5. The molecule has 20 heavy (non-hydrogen) atoms. The van der Waals surface area contributed by atoms with Crippen LogP contribution in [0.5, 0.6) is 0 Å². The Balaban J connectivity index is 2.40. The lowest BCUT2D eigenvalue weighted by Gasteiger charge is -1.95. The number of hydrogen-bond donors (Lipinski definition) is 0. The average Bonchev–Trinajstić information content (AvgIpc) is 2.45. The molecule has 0 heterocycles. The summed E-state index contributed by atoms with van der Waals surface area (Å²) in [4.78, 5) is 19.9. The maximum absolute atomic E-state index is 10.8. The Hall–Kier alpha value is -3.20. The standard InChI is InChI=1S/C14H8N2O4/c17-15(18)13-9-8-12(10-14(13)16(19)20)7-6-11-4-2-1-3-5-11/h1-5,8-10H. The summed E-state index contributed by atoms with van der Waals surface area (Å²) >= 11 is 0. The highest BCUT2D eigenvalue weighted by Crippen LogP contribution is 2.27. The minimum absolute atomic E-state index is 0.353. The zero-order valence-electron chi connectivity index (χ0n) is 10.1. The molecule has 0 saturated heterocycles. The van der Waals surface area contributed by atoms with Crippen molar-refractivity contribution >= 4 is 11.4 Å². The van der Waals surface area contributed by atoms with Crippen LogP contribution in [0.15, 0.2) is 48.5 Å². The van der Waals surface area contributed by atoms with Crippen molar-refractivity contribution in [2.75, 3.05) is 0 Å². The Labute approximate surface area is 114 Å². The fraction of sp³-hybridized carbons (Fsp3) is 0. The van der Waals surface area contributed by atoms with Crippen molar-refractivity contribution in [3.8, 4) is 11.8 Å². The van der Waals surface area contributed by atoms with E-state index in [0.717, 1.165) is 17.7 Å². The number of rotatable bonds is 2. The molecule has 0 amide bonds. The van der Waals surface area contributed by atoms with Gasteiger partial charge in [-0.3, -0.25) is 20.2 Å². The molecule has 0 N–H and O–H groups in total. The van der Waals surface area contributed by atoms with Gasteiger partial charge in [-0.1, -0.05) is 30.0 Å². The summed E-state index contributed by atoms with van der Waals surface area (Å²) in [7, 11) is 0. The quantitative estimate of drug-likeness (QED) is 0.476. The first-order valence-corrected chi connectivity index (χ1v) is 5.58. The molecule has 2 aromatic rings. The van der Waals surface area contributed by atoms with Crippen LogP contribution in [0.3, 0.4) is 0 Å². The number of benzene rings is 2. The second-order valence-corrected chi connectivity index (χ2v) is 3.83. The zero-order valence-corrected chi connectivity index (χ0v) is 10.1. The molecule has 0 aromatic heterocycles. The van der Waals surface area contributed by atoms with E-state index in [1.807, 2.05) is 18.2 Å². The van der Waals surface area contributed by atoms with Gasteiger partial charge in [0.2, 0.25) is 0 Å². The minimum atomic E-state index is -0.786. The Kier molecular flexibility index (Phi) is 3.72. The van der Waals surface area contributed by atoms with Crippen LogP contribution < -0.4 is 0 Å². The molecule has 0 fully saturated rings. The number of hydrogen-bond acceptors (Lipinski definition) is 4. The van der Waals surface area contributed by atoms with Gasteiger partial charge in [0, 0.05) is 23.3 Å². The topological polar surface area (TPSA) is 86.3 Å². The lowest BCUT2D eigenvalue weighted by atomic mass is 10.1. The maximum atomic E-state index is 10.8. The van der Waals surface area contributed by atoms with Gasteiger partial charge in [0.25, 0.3) is 0 Å². The van der Waals surface area contributed by atoms with Crippen LogP contribution >= 0.6 is 0 Å². The molecule has 6 heteroatoms. The van der Waals surface area contributed by atoms with E-state index in [1.165, 1.54) is 6.07 Å². The Morgan fingerprint density at radius 3 is 1.95 bits per heavy atom. The minimum Gasteiger partial charge on any atom is -0.258 e. The van der Waals surface area contributed by atoms with Gasteiger partial charge in [-0.25, -0.2) is 0 Å². The van der Waals surface area contributed by atoms with Crippen molar-refractivity contribution in [3.05, 3.63) is 79.9 Å². The van der Waals surface area contributed by atoms with E-state index in [-0.39, 0.29) is 0 Å². The predicted octanol–water partition coefficient (Wildman–Crippen LogP) is 2.90. The van der Waals surface area contributed by atoms with E-state index >= 15 is 0 Å². The Morgan fingerprint density at radius 2 is 1.35 bits per heavy atom. The number of nitro benzene ring substituents is 2. The fourth-order valence-corrected chi connectivity index (χ4v) is 1.57. The van der Waals surface area contributed by atoms with Gasteiger partial charge in [0.1, 0.15) is 0 Å². The largest absolute Gasteiger partial charge is 0.347 e. The number of nitrogens with zero attached hydrogens (tertiary/aromatic N) is 2. The average molecular weight is 268 g/mol. The summed E-state index contributed by atoms with van der Waals surface area (Å²) in [5, 5.41) is 21.5. The molecule has 0 atom stereocenters. The first-order chi connectivity index (χ1) is 9.58. The highest BCUT2D eigenvalue weighted by atomic mass is 16.6. The highest BCUT2D eigenvalue weighted by Gasteiger charge is 2.23. The predicted molar refractivity (Wildman–Crippen MR) is 72.2 cm³/mol. The van der Waals surface area contributed by atoms with E-state index in [2.05, 4.69) is 11.8 Å². The van der Waals surface area contributed by atoms with E-state index in [1.54, 1.807) is 12.1 Å². The van der Waals surface area contributed by atoms with Gasteiger partial charge in [0.15, 0.2) is 0 Å². The summed E-state index contributed by atoms with van der Waals surface area (Å²) in [5.41, 5.74) is 0.00906. The third-order valence-electron chi connectivity index (χ3n) is 2.49. The SMILES string of the molecule is O=[N+]([O-])c1ccc(C#Cc2ccccc2)cc1[N+](=O)[O-]. The molecule has 0 spiro atoms. The molecule has 2 rings (SSSR count). The van der Waals surface area contributed by atoms with E-state index < -0.39 is 21.2 Å². The van der Waals surface area contributed by atoms with Crippen molar-refractivity contribution in [1.82, 2.24) is 0 Å². The van der Waals surface area contributed by atoms with E-state index in [0.29, 0.717) is 5.56 Å². The van der Waals surface area contributed by atoms with E-state index in [9.17, 15) is 20.2 Å². The van der Waals surface area contributed by atoms with Gasteiger partial charge in [-0.15, -0.1) is 0 Å². The molecule has 6 nitrogen and oxygen atoms in total. The summed E-state index contributed by atoms with van der Waals surface area (Å²) < 4.78 is 0. The van der Waals surface area contributed by atoms with Crippen molar-refractivity contribution < 1.29 is 9.85 Å². The highest BCUT2D eigenvalue weighted by molar-refractivity contribution is 5.57. The molecule has 0 radical (unpaired) electrons. The van der Waals surface area contributed by atoms with Crippen LogP contribution in [-0.2, 0) is 0 Å². The molecule has 0 saturated carbocycles. The molecular weight excluding hydrogens is 260 g/mol.